The predicted molar refractivity (Wildman–Crippen MR) is 144 cm³/mol. The summed E-state index contributed by atoms with van der Waals surface area (Å²) in [6.45, 7) is 1.82. The number of sulfonamides is 1. The molecule has 4 aromatic rings. The fraction of sp³-hybridized carbons (Fsp3) is 0.240. The summed E-state index contributed by atoms with van der Waals surface area (Å²) in [4.78, 5) is 19.5. The molecular formula is C25H21Cl2F3N6O3S. The molecule has 5 rings (SSSR count). The number of fused-ring (bicyclic) bond motifs is 1. The molecule has 1 amide bonds. The Balaban J connectivity index is 1.50. The molecule has 1 aliphatic heterocycles. The van der Waals surface area contributed by atoms with Crippen LogP contribution < -0.4 is 5.32 Å². The second-order valence-electron chi connectivity index (χ2n) is 9.14. The highest BCUT2D eigenvalue weighted by molar-refractivity contribution is 7.89. The third kappa shape index (κ3) is 5.52. The molecule has 40 heavy (non-hydrogen) atoms. The van der Waals surface area contributed by atoms with E-state index in [0.717, 1.165) is 12.3 Å². The molecule has 9 nitrogen and oxygen atoms in total. The summed E-state index contributed by atoms with van der Waals surface area (Å²) in [7, 11) is -1.91. The van der Waals surface area contributed by atoms with Crippen molar-refractivity contribution >= 4 is 50.5 Å². The van der Waals surface area contributed by atoms with E-state index in [4.69, 9.17) is 23.2 Å². The van der Waals surface area contributed by atoms with Gasteiger partial charge in [0.05, 0.1) is 26.8 Å². The van der Waals surface area contributed by atoms with E-state index in [9.17, 15) is 26.4 Å². The molecule has 0 atom stereocenters. The van der Waals surface area contributed by atoms with Crippen LogP contribution in [-0.2, 0) is 16.2 Å². The Bertz CT molecular complexity index is 1720. The first-order valence-corrected chi connectivity index (χ1v) is 14.1. The smallest absolute Gasteiger partial charge is 0.322 e. The van der Waals surface area contributed by atoms with Gasteiger partial charge in [0.1, 0.15) is 5.56 Å². The van der Waals surface area contributed by atoms with Crippen LogP contribution in [0.1, 0.15) is 16.1 Å². The summed E-state index contributed by atoms with van der Waals surface area (Å²) in [5.74, 6) is -0.823. The summed E-state index contributed by atoms with van der Waals surface area (Å²) in [5.41, 5.74) is -1.48. The van der Waals surface area contributed by atoms with Gasteiger partial charge in [0.15, 0.2) is 11.3 Å². The number of alkyl halides is 3. The van der Waals surface area contributed by atoms with Gasteiger partial charge in [0, 0.05) is 37.4 Å². The number of carbonyl (C=O) groups is 1. The Morgan fingerprint density at radius 1 is 1.00 bits per heavy atom. The number of carbonyl (C=O) groups excluding carboxylic acids is 1. The highest BCUT2D eigenvalue weighted by Gasteiger charge is 2.36. The highest BCUT2D eigenvalue weighted by atomic mass is 35.5. The summed E-state index contributed by atoms with van der Waals surface area (Å²) in [6, 6.07) is 10.7. The zero-order chi connectivity index (χ0) is 28.8. The van der Waals surface area contributed by atoms with Crippen molar-refractivity contribution in [2.45, 2.75) is 11.1 Å². The van der Waals surface area contributed by atoms with E-state index in [1.165, 1.54) is 46.8 Å². The van der Waals surface area contributed by atoms with Gasteiger partial charge in [-0.1, -0.05) is 35.3 Å². The molecule has 2 aromatic carbocycles. The lowest BCUT2D eigenvalue weighted by Crippen LogP contribution is -2.47. The van der Waals surface area contributed by atoms with Gasteiger partial charge in [-0.05, 0) is 43.4 Å². The zero-order valence-electron chi connectivity index (χ0n) is 20.8. The SMILES string of the molecule is CN1CCN(S(=O)(=O)c2cccc(NC(=O)c3cnn4c(C(F)(F)F)cc(-c5ccc(Cl)c(Cl)c5)nc34)c2)CC1. The lowest BCUT2D eigenvalue weighted by molar-refractivity contribution is -0.142. The maximum Gasteiger partial charge on any atom is 0.433 e. The van der Waals surface area contributed by atoms with E-state index < -0.39 is 27.8 Å². The fourth-order valence-corrected chi connectivity index (χ4v) is 6.01. The van der Waals surface area contributed by atoms with Crippen LogP contribution in [-0.4, -0.2) is 71.4 Å². The van der Waals surface area contributed by atoms with Crippen molar-refractivity contribution in [1.82, 2.24) is 23.8 Å². The molecule has 0 spiro atoms. The Hall–Kier alpha value is -3.23. The van der Waals surface area contributed by atoms with Gasteiger partial charge in [-0.3, -0.25) is 4.79 Å². The number of hydrogen-bond acceptors (Lipinski definition) is 6. The van der Waals surface area contributed by atoms with Crippen molar-refractivity contribution in [3.05, 3.63) is 76.0 Å². The van der Waals surface area contributed by atoms with Crippen molar-refractivity contribution in [2.24, 2.45) is 0 Å². The third-order valence-corrected chi connectivity index (χ3v) is 9.05. The van der Waals surface area contributed by atoms with Crippen molar-refractivity contribution in [1.29, 1.82) is 0 Å². The summed E-state index contributed by atoms with van der Waals surface area (Å²) >= 11 is 12.0. The first-order chi connectivity index (χ1) is 18.8. The van der Waals surface area contributed by atoms with E-state index in [2.05, 4.69) is 15.4 Å². The first-order valence-electron chi connectivity index (χ1n) is 11.9. The van der Waals surface area contributed by atoms with Gasteiger partial charge < -0.3 is 10.2 Å². The van der Waals surface area contributed by atoms with Crippen LogP contribution in [0.4, 0.5) is 18.9 Å². The number of rotatable bonds is 5. The highest BCUT2D eigenvalue weighted by Crippen LogP contribution is 2.34. The summed E-state index contributed by atoms with van der Waals surface area (Å²) < 4.78 is 70.0. The van der Waals surface area contributed by atoms with E-state index in [1.807, 2.05) is 11.9 Å². The van der Waals surface area contributed by atoms with Gasteiger partial charge in [-0.25, -0.2) is 17.9 Å². The third-order valence-electron chi connectivity index (χ3n) is 6.41. The van der Waals surface area contributed by atoms with Crippen LogP contribution in [0.15, 0.2) is 59.6 Å². The Kier molecular flexibility index (Phi) is 7.52. The molecular weight excluding hydrogens is 592 g/mol. The topological polar surface area (TPSA) is 99.9 Å². The van der Waals surface area contributed by atoms with Crippen LogP contribution in [0, 0.1) is 0 Å². The quantitative estimate of drug-likeness (QED) is 0.344. The second-order valence-corrected chi connectivity index (χ2v) is 11.9. The van der Waals surface area contributed by atoms with Gasteiger partial charge in [0.25, 0.3) is 5.91 Å². The van der Waals surface area contributed by atoms with Gasteiger partial charge in [-0.2, -0.15) is 22.6 Å². The minimum Gasteiger partial charge on any atom is -0.322 e. The van der Waals surface area contributed by atoms with Crippen molar-refractivity contribution in [3.63, 3.8) is 0 Å². The second kappa shape index (κ2) is 10.6. The maximum absolute atomic E-state index is 13.9. The number of nitrogens with one attached hydrogen (secondary N) is 1. The first kappa shape index (κ1) is 28.3. The molecule has 0 bridgehead atoms. The van der Waals surface area contributed by atoms with Crippen LogP contribution in [0.25, 0.3) is 16.9 Å². The average molecular weight is 613 g/mol. The Morgan fingerprint density at radius 2 is 1.73 bits per heavy atom. The molecule has 0 saturated carbocycles. The van der Waals surface area contributed by atoms with Gasteiger partial charge >= 0.3 is 6.18 Å². The number of piperazine rings is 1. The molecule has 210 valence electrons. The van der Waals surface area contributed by atoms with Crippen LogP contribution in [0.2, 0.25) is 10.0 Å². The van der Waals surface area contributed by atoms with Crippen LogP contribution >= 0.6 is 23.2 Å². The Labute approximate surface area is 237 Å². The minimum absolute atomic E-state index is 0.0193. The molecule has 15 heteroatoms. The molecule has 1 saturated heterocycles. The lowest BCUT2D eigenvalue weighted by atomic mass is 10.1. The molecule has 1 fully saturated rings. The number of aromatic nitrogens is 3. The molecule has 0 radical (unpaired) electrons. The number of anilines is 1. The zero-order valence-corrected chi connectivity index (χ0v) is 23.1. The largest absolute Gasteiger partial charge is 0.433 e. The number of benzene rings is 2. The molecule has 1 N–H and O–H groups in total. The van der Waals surface area contributed by atoms with Gasteiger partial charge in [0.2, 0.25) is 10.0 Å². The monoisotopic (exact) mass is 612 g/mol. The van der Waals surface area contributed by atoms with E-state index in [0.29, 0.717) is 30.7 Å². The van der Waals surface area contributed by atoms with E-state index >= 15 is 0 Å². The van der Waals surface area contributed by atoms with E-state index in [-0.39, 0.29) is 43.1 Å². The standard InChI is InChI=1S/C25H21Cl2F3N6O3S/c1-34-7-9-35(10-8-34)40(38,39)17-4-2-3-16(12-17)32-24(37)18-14-31-36-22(25(28,29)30)13-21(33-23(18)36)15-5-6-19(26)20(27)11-15/h2-6,11-14H,7-10H2,1H3,(H,32,37). The van der Waals surface area contributed by atoms with Gasteiger partial charge in [-0.15, -0.1) is 0 Å². The summed E-state index contributed by atoms with van der Waals surface area (Å²) in [5, 5.41) is 6.64. The molecule has 1 aliphatic rings. The number of halogens is 5. The molecule has 0 aliphatic carbocycles. The number of hydrogen-bond donors (Lipinski definition) is 1. The summed E-state index contributed by atoms with van der Waals surface area (Å²) in [6.07, 6.45) is -3.85. The normalized spacial score (nSPS) is 15.4. The Morgan fingerprint density at radius 3 is 2.40 bits per heavy atom. The fourth-order valence-electron chi connectivity index (χ4n) is 4.24. The van der Waals surface area contributed by atoms with E-state index in [1.54, 1.807) is 0 Å². The number of amides is 1. The van der Waals surface area contributed by atoms with Crippen molar-refractivity contribution in [2.75, 3.05) is 38.5 Å². The molecule has 3 heterocycles. The number of nitrogens with zero attached hydrogens (tertiary/aromatic N) is 5. The van der Waals surface area contributed by atoms with Crippen LogP contribution in [0.3, 0.4) is 0 Å². The average Bonchev–Trinajstić information content (AvgIpc) is 3.34. The molecule has 0 unspecified atom stereocenters. The lowest BCUT2D eigenvalue weighted by Gasteiger charge is -2.31. The number of likely N-dealkylation sites (N-methyl/N-ethyl adjacent to an activating group) is 1. The predicted octanol–water partition coefficient (Wildman–Crippen LogP) is 4.91. The molecule has 2 aromatic heterocycles. The maximum atomic E-state index is 13.9. The van der Waals surface area contributed by atoms with Crippen molar-refractivity contribution < 1.29 is 26.4 Å². The van der Waals surface area contributed by atoms with Crippen molar-refractivity contribution in [3.8, 4) is 11.3 Å². The minimum atomic E-state index is -4.82. The van der Waals surface area contributed by atoms with Crippen LogP contribution in [0.5, 0.6) is 0 Å².